The van der Waals surface area contributed by atoms with E-state index < -0.39 is 0 Å². The van der Waals surface area contributed by atoms with Crippen LogP contribution >= 0.6 is 0 Å². The van der Waals surface area contributed by atoms with E-state index in [9.17, 15) is 0 Å². The molecule has 3 heteroatoms. The lowest BCUT2D eigenvalue weighted by atomic mass is 10.0. The van der Waals surface area contributed by atoms with Crippen LogP contribution in [0.5, 0.6) is 0 Å². The Morgan fingerprint density at radius 1 is 1.14 bits per heavy atom. The monoisotopic (exact) mass is 283 g/mol. The number of aromatic nitrogens is 1. The van der Waals surface area contributed by atoms with Crippen molar-refractivity contribution in [3.05, 3.63) is 65.5 Å². The van der Waals surface area contributed by atoms with Gasteiger partial charge < -0.3 is 5.73 Å². The van der Waals surface area contributed by atoms with Gasteiger partial charge >= 0.3 is 0 Å². The molecule has 0 bridgehead atoms. The number of benzene rings is 1. The molecule has 2 aromatic rings. The van der Waals surface area contributed by atoms with E-state index in [0.29, 0.717) is 0 Å². The Kier molecular flexibility index (Phi) is 5.90. The van der Waals surface area contributed by atoms with E-state index in [-0.39, 0.29) is 6.04 Å². The highest BCUT2D eigenvalue weighted by Crippen LogP contribution is 2.15. The van der Waals surface area contributed by atoms with Crippen molar-refractivity contribution in [2.45, 2.75) is 32.9 Å². The summed E-state index contributed by atoms with van der Waals surface area (Å²) in [5, 5.41) is 0. The van der Waals surface area contributed by atoms with Gasteiger partial charge in [-0.15, -0.1) is 0 Å². The van der Waals surface area contributed by atoms with Crippen molar-refractivity contribution in [1.82, 2.24) is 9.88 Å². The van der Waals surface area contributed by atoms with Crippen molar-refractivity contribution >= 4 is 0 Å². The van der Waals surface area contributed by atoms with Gasteiger partial charge in [-0.1, -0.05) is 42.8 Å². The van der Waals surface area contributed by atoms with Crippen LogP contribution < -0.4 is 5.73 Å². The van der Waals surface area contributed by atoms with E-state index >= 15 is 0 Å². The molecule has 0 spiro atoms. The van der Waals surface area contributed by atoms with Crippen LogP contribution in [0.15, 0.2) is 48.7 Å². The molecule has 2 rings (SSSR count). The Morgan fingerprint density at radius 3 is 2.52 bits per heavy atom. The van der Waals surface area contributed by atoms with E-state index in [4.69, 9.17) is 5.73 Å². The van der Waals surface area contributed by atoms with Crippen molar-refractivity contribution in [3.8, 4) is 0 Å². The molecule has 0 saturated heterocycles. The van der Waals surface area contributed by atoms with Crippen LogP contribution in [0.2, 0.25) is 0 Å². The molecular weight excluding hydrogens is 258 g/mol. The molecule has 21 heavy (non-hydrogen) atoms. The van der Waals surface area contributed by atoms with Crippen LogP contribution in [-0.4, -0.2) is 23.0 Å². The lowest BCUT2D eigenvalue weighted by molar-refractivity contribution is 0.265. The van der Waals surface area contributed by atoms with Gasteiger partial charge in [0.25, 0.3) is 0 Å². The molecular formula is C18H25N3. The molecule has 0 amide bonds. The van der Waals surface area contributed by atoms with Crippen LogP contribution in [0, 0.1) is 6.92 Å². The van der Waals surface area contributed by atoms with Gasteiger partial charge in [-0.2, -0.15) is 0 Å². The largest absolute Gasteiger partial charge is 0.324 e. The first-order valence-corrected chi connectivity index (χ1v) is 7.63. The van der Waals surface area contributed by atoms with Gasteiger partial charge in [-0.3, -0.25) is 9.88 Å². The SMILES string of the molecule is CCN(CCC(N)c1ccc(C)cc1)Cc1ccccn1. The smallest absolute Gasteiger partial charge is 0.0543 e. The van der Waals surface area contributed by atoms with Crippen LogP contribution in [0.4, 0.5) is 0 Å². The number of nitrogens with zero attached hydrogens (tertiary/aromatic N) is 2. The van der Waals surface area contributed by atoms with E-state index in [1.165, 1.54) is 11.1 Å². The second-order valence-corrected chi connectivity index (χ2v) is 5.50. The van der Waals surface area contributed by atoms with E-state index in [2.05, 4.69) is 54.1 Å². The molecule has 112 valence electrons. The maximum atomic E-state index is 6.30. The van der Waals surface area contributed by atoms with Crippen molar-refractivity contribution in [1.29, 1.82) is 0 Å². The van der Waals surface area contributed by atoms with Crippen LogP contribution in [0.25, 0.3) is 0 Å². The number of nitrogens with two attached hydrogens (primary N) is 1. The molecule has 2 N–H and O–H groups in total. The number of hydrogen-bond donors (Lipinski definition) is 1. The topological polar surface area (TPSA) is 42.1 Å². The molecule has 0 aliphatic rings. The zero-order valence-electron chi connectivity index (χ0n) is 13.0. The molecule has 0 fully saturated rings. The lowest BCUT2D eigenvalue weighted by Gasteiger charge is -2.22. The van der Waals surface area contributed by atoms with Gasteiger partial charge in [0.15, 0.2) is 0 Å². The molecule has 0 radical (unpaired) electrons. The quantitative estimate of drug-likeness (QED) is 0.847. The van der Waals surface area contributed by atoms with Crippen LogP contribution in [0.1, 0.15) is 36.2 Å². The molecule has 3 nitrogen and oxygen atoms in total. The summed E-state index contributed by atoms with van der Waals surface area (Å²) >= 11 is 0. The fraction of sp³-hybridized carbons (Fsp3) is 0.389. The first kappa shape index (κ1) is 15.7. The van der Waals surface area contributed by atoms with Gasteiger partial charge in [-0.25, -0.2) is 0 Å². The predicted octanol–water partition coefficient (Wildman–Crippen LogP) is 3.30. The van der Waals surface area contributed by atoms with Gasteiger partial charge in [-0.05, 0) is 37.6 Å². The molecule has 0 aliphatic carbocycles. The van der Waals surface area contributed by atoms with E-state index in [1.807, 2.05) is 18.3 Å². The standard InChI is InChI=1S/C18H25N3/c1-3-21(14-17-6-4-5-12-20-17)13-11-18(19)16-9-7-15(2)8-10-16/h4-10,12,18H,3,11,13-14,19H2,1-2H3. The fourth-order valence-electron chi connectivity index (χ4n) is 2.37. The van der Waals surface area contributed by atoms with Crippen molar-refractivity contribution < 1.29 is 0 Å². The fourth-order valence-corrected chi connectivity index (χ4v) is 2.37. The second kappa shape index (κ2) is 7.91. The predicted molar refractivity (Wildman–Crippen MR) is 87.9 cm³/mol. The molecule has 0 saturated carbocycles. The van der Waals surface area contributed by atoms with E-state index in [0.717, 1.165) is 31.7 Å². The molecule has 1 atom stereocenters. The highest BCUT2D eigenvalue weighted by atomic mass is 15.1. The Balaban J connectivity index is 1.86. The van der Waals surface area contributed by atoms with Gasteiger partial charge in [0.1, 0.15) is 0 Å². The minimum absolute atomic E-state index is 0.100. The van der Waals surface area contributed by atoms with Gasteiger partial charge in [0.2, 0.25) is 0 Å². The summed E-state index contributed by atoms with van der Waals surface area (Å²) in [6.07, 6.45) is 2.81. The minimum atomic E-state index is 0.100. The van der Waals surface area contributed by atoms with E-state index in [1.54, 1.807) is 0 Å². The van der Waals surface area contributed by atoms with Crippen LogP contribution in [-0.2, 0) is 6.54 Å². The number of rotatable bonds is 7. The van der Waals surface area contributed by atoms with Crippen molar-refractivity contribution in [3.63, 3.8) is 0 Å². The number of hydrogen-bond acceptors (Lipinski definition) is 3. The summed E-state index contributed by atoms with van der Waals surface area (Å²) < 4.78 is 0. The normalized spacial score (nSPS) is 12.6. The van der Waals surface area contributed by atoms with Gasteiger partial charge in [0.05, 0.1) is 5.69 Å². The molecule has 1 heterocycles. The lowest BCUT2D eigenvalue weighted by Crippen LogP contribution is -2.27. The Bertz CT molecular complexity index is 522. The summed E-state index contributed by atoms with van der Waals surface area (Å²) in [6.45, 7) is 7.17. The van der Waals surface area contributed by atoms with Crippen molar-refractivity contribution in [2.24, 2.45) is 5.73 Å². The first-order chi connectivity index (χ1) is 10.2. The second-order valence-electron chi connectivity index (χ2n) is 5.50. The third-order valence-electron chi connectivity index (χ3n) is 3.82. The third kappa shape index (κ3) is 4.96. The summed E-state index contributed by atoms with van der Waals surface area (Å²) in [5.74, 6) is 0. The average Bonchev–Trinajstić information content (AvgIpc) is 2.52. The molecule has 1 aromatic heterocycles. The summed E-state index contributed by atoms with van der Waals surface area (Å²) in [6, 6.07) is 14.7. The number of pyridine rings is 1. The highest BCUT2D eigenvalue weighted by molar-refractivity contribution is 5.23. The van der Waals surface area contributed by atoms with Crippen LogP contribution in [0.3, 0.4) is 0 Å². The number of aryl methyl sites for hydroxylation is 1. The maximum Gasteiger partial charge on any atom is 0.0543 e. The Labute approximate surface area is 127 Å². The minimum Gasteiger partial charge on any atom is -0.324 e. The molecule has 1 unspecified atom stereocenters. The highest BCUT2D eigenvalue weighted by Gasteiger charge is 2.09. The Hall–Kier alpha value is -1.71. The summed E-state index contributed by atoms with van der Waals surface area (Å²) in [5.41, 5.74) is 9.90. The molecule has 1 aromatic carbocycles. The first-order valence-electron chi connectivity index (χ1n) is 7.63. The molecule has 0 aliphatic heterocycles. The zero-order valence-corrected chi connectivity index (χ0v) is 13.0. The Morgan fingerprint density at radius 2 is 1.90 bits per heavy atom. The third-order valence-corrected chi connectivity index (χ3v) is 3.82. The average molecular weight is 283 g/mol. The summed E-state index contributed by atoms with van der Waals surface area (Å²) in [7, 11) is 0. The van der Waals surface area contributed by atoms with Gasteiger partial charge in [0, 0.05) is 25.3 Å². The maximum absolute atomic E-state index is 6.30. The zero-order chi connectivity index (χ0) is 15.1. The van der Waals surface area contributed by atoms with Crippen molar-refractivity contribution in [2.75, 3.05) is 13.1 Å². The summed E-state index contributed by atoms with van der Waals surface area (Å²) in [4.78, 5) is 6.77.